The first kappa shape index (κ1) is 19.4. The molecule has 1 saturated heterocycles. The molecule has 1 aliphatic rings. The quantitative estimate of drug-likeness (QED) is 0.750. The normalized spacial score (nSPS) is 15.0. The minimum Gasteiger partial charge on any atom is -0.493 e. The summed E-state index contributed by atoms with van der Waals surface area (Å²) in [5, 5.41) is 1.89. The maximum absolute atomic E-state index is 12.8. The molecule has 0 atom stereocenters. The van der Waals surface area contributed by atoms with E-state index in [1.54, 1.807) is 32.4 Å². The number of hydrogen-bond donors (Lipinski definition) is 0. The highest BCUT2D eigenvalue weighted by atomic mass is 32.1. The number of carbonyl (C=O) groups is 1. The Kier molecular flexibility index (Phi) is 6.18. The molecule has 1 aliphatic heterocycles. The van der Waals surface area contributed by atoms with E-state index in [1.165, 1.54) is 11.3 Å². The lowest BCUT2D eigenvalue weighted by atomic mass is 10.1. The van der Waals surface area contributed by atoms with Crippen LogP contribution in [0.1, 0.15) is 16.1 Å². The number of hydrogen-bond acceptors (Lipinski definition) is 6. The predicted octanol–water partition coefficient (Wildman–Crippen LogP) is 1.69. The summed E-state index contributed by atoms with van der Waals surface area (Å²) in [5.41, 5.74) is 1.61. The summed E-state index contributed by atoms with van der Waals surface area (Å²) in [4.78, 5) is 28.8. The van der Waals surface area contributed by atoms with Crippen molar-refractivity contribution in [3.05, 3.63) is 44.5 Å². The smallest absolute Gasteiger partial charge is 0.307 e. The van der Waals surface area contributed by atoms with Gasteiger partial charge >= 0.3 is 4.87 Å². The Labute approximate surface area is 162 Å². The van der Waals surface area contributed by atoms with Gasteiger partial charge in [-0.1, -0.05) is 11.3 Å². The van der Waals surface area contributed by atoms with Crippen LogP contribution >= 0.6 is 11.3 Å². The van der Waals surface area contributed by atoms with Gasteiger partial charge in [0.25, 0.3) is 5.91 Å². The van der Waals surface area contributed by atoms with Crippen LogP contribution in [0.15, 0.2) is 28.4 Å². The molecule has 7 nitrogen and oxygen atoms in total. The number of aryl methyl sites for hydroxylation is 1. The van der Waals surface area contributed by atoms with E-state index in [0.29, 0.717) is 36.7 Å². The number of amides is 1. The van der Waals surface area contributed by atoms with E-state index < -0.39 is 0 Å². The zero-order valence-electron chi connectivity index (χ0n) is 15.9. The molecule has 0 radical (unpaired) electrons. The number of nitrogens with zero attached hydrogens (tertiary/aromatic N) is 3. The maximum atomic E-state index is 12.8. The Hall–Kier alpha value is -2.32. The fourth-order valence-electron chi connectivity index (χ4n) is 3.24. The van der Waals surface area contributed by atoms with Crippen molar-refractivity contribution in [3.8, 4) is 11.5 Å². The molecule has 0 N–H and O–H groups in total. The first-order valence-corrected chi connectivity index (χ1v) is 9.80. The van der Waals surface area contributed by atoms with Crippen LogP contribution in [0.25, 0.3) is 0 Å². The number of ether oxygens (including phenoxy) is 2. The molecule has 3 rings (SSSR count). The van der Waals surface area contributed by atoms with Gasteiger partial charge in [0.15, 0.2) is 11.5 Å². The van der Waals surface area contributed by atoms with E-state index in [-0.39, 0.29) is 10.8 Å². The molecule has 0 unspecified atom stereocenters. The summed E-state index contributed by atoms with van der Waals surface area (Å²) in [6.45, 7) is 6.41. The van der Waals surface area contributed by atoms with Crippen LogP contribution in [0.4, 0.5) is 0 Å². The number of carbonyl (C=O) groups excluding carboxylic acids is 1. The van der Waals surface area contributed by atoms with Crippen molar-refractivity contribution in [3.63, 3.8) is 0 Å². The van der Waals surface area contributed by atoms with Crippen LogP contribution < -0.4 is 14.3 Å². The Balaban J connectivity index is 1.55. The highest BCUT2D eigenvalue weighted by Crippen LogP contribution is 2.28. The average molecular weight is 391 g/mol. The molecule has 0 bridgehead atoms. The lowest BCUT2D eigenvalue weighted by Crippen LogP contribution is -2.49. The van der Waals surface area contributed by atoms with Gasteiger partial charge in [0.05, 0.1) is 14.2 Å². The number of thiazole rings is 1. The fourth-order valence-corrected chi connectivity index (χ4v) is 4.00. The lowest BCUT2D eigenvalue weighted by Gasteiger charge is -2.34. The molecule has 8 heteroatoms. The number of rotatable bonds is 6. The van der Waals surface area contributed by atoms with Crippen LogP contribution in [-0.2, 0) is 6.54 Å². The molecule has 0 spiro atoms. The zero-order valence-corrected chi connectivity index (χ0v) is 16.8. The van der Waals surface area contributed by atoms with Crippen molar-refractivity contribution in [2.24, 2.45) is 0 Å². The second-order valence-electron chi connectivity index (χ2n) is 6.50. The molecular formula is C19H25N3O4S. The lowest BCUT2D eigenvalue weighted by molar-refractivity contribution is 0.0632. The van der Waals surface area contributed by atoms with E-state index in [4.69, 9.17) is 9.47 Å². The minimum absolute atomic E-state index is 0.000464. The topological polar surface area (TPSA) is 64.0 Å². The molecule has 0 aliphatic carbocycles. The number of piperazine rings is 1. The summed E-state index contributed by atoms with van der Waals surface area (Å²) >= 11 is 1.24. The van der Waals surface area contributed by atoms with Gasteiger partial charge < -0.3 is 18.9 Å². The van der Waals surface area contributed by atoms with Crippen LogP contribution in [0.2, 0.25) is 0 Å². The average Bonchev–Trinajstić information content (AvgIpc) is 3.03. The van der Waals surface area contributed by atoms with Crippen LogP contribution in [-0.4, -0.2) is 67.2 Å². The highest BCUT2D eigenvalue weighted by molar-refractivity contribution is 7.07. The number of aromatic nitrogens is 1. The third-order valence-electron chi connectivity index (χ3n) is 4.91. The minimum atomic E-state index is 0.000464. The van der Waals surface area contributed by atoms with Crippen molar-refractivity contribution in [2.45, 2.75) is 13.5 Å². The van der Waals surface area contributed by atoms with Crippen LogP contribution in [0.5, 0.6) is 11.5 Å². The number of methoxy groups -OCH3 is 2. The van der Waals surface area contributed by atoms with E-state index in [0.717, 1.165) is 25.3 Å². The van der Waals surface area contributed by atoms with Gasteiger partial charge in [-0.15, -0.1) is 0 Å². The first-order valence-electron chi connectivity index (χ1n) is 8.92. The Bertz CT molecular complexity index is 853. The summed E-state index contributed by atoms with van der Waals surface area (Å²) in [6.07, 6.45) is 0. The predicted molar refractivity (Wildman–Crippen MR) is 105 cm³/mol. The van der Waals surface area contributed by atoms with E-state index in [9.17, 15) is 9.59 Å². The third kappa shape index (κ3) is 4.33. The molecule has 2 aromatic rings. The highest BCUT2D eigenvalue weighted by Gasteiger charge is 2.23. The summed E-state index contributed by atoms with van der Waals surface area (Å²) in [6, 6.07) is 5.24. The molecular weight excluding hydrogens is 366 g/mol. The molecule has 1 aromatic heterocycles. The molecule has 1 fully saturated rings. The molecule has 0 saturated carbocycles. The monoisotopic (exact) mass is 391 g/mol. The summed E-state index contributed by atoms with van der Waals surface area (Å²) < 4.78 is 12.3. The largest absolute Gasteiger partial charge is 0.493 e. The number of benzene rings is 1. The Morgan fingerprint density at radius 3 is 2.37 bits per heavy atom. The van der Waals surface area contributed by atoms with E-state index in [1.807, 2.05) is 21.8 Å². The summed E-state index contributed by atoms with van der Waals surface area (Å²) in [5.74, 6) is 1.16. The van der Waals surface area contributed by atoms with Crippen molar-refractivity contribution >= 4 is 17.2 Å². The standard InChI is InChI=1S/C19H25N3O4S/c1-14-13-27-19(24)22(14)11-8-20-6-9-21(10-7-20)18(23)15-4-5-16(25-2)17(12-15)26-3/h4-5,12-13H,6-11H2,1-3H3. The van der Waals surface area contributed by atoms with Gasteiger partial charge in [0.1, 0.15) is 0 Å². The van der Waals surface area contributed by atoms with Crippen molar-refractivity contribution in [1.29, 1.82) is 0 Å². The second kappa shape index (κ2) is 8.58. The summed E-state index contributed by atoms with van der Waals surface area (Å²) in [7, 11) is 3.13. The molecule has 1 aromatic carbocycles. The van der Waals surface area contributed by atoms with Gasteiger partial charge in [0.2, 0.25) is 0 Å². The van der Waals surface area contributed by atoms with Gasteiger partial charge in [-0.3, -0.25) is 14.5 Å². The van der Waals surface area contributed by atoms with Gasteiger partial charge in [-0.05, 0) is 25.1 Å². The molecule has 146 valence electrons. The SMILES string of the molecule is COc1ccc(C(=O)N2CCN(CCn3c(C)csc3=O)CC2)cc1OC. The van der Waals surface area contributed by atoms with Crippen molar-refractivity contribution in [2.75, 3.05) is 46.9 Å². The Morgan fingerprint density at radius 2 is 1.78 bits per heavy atom. The zero-order chi connectivity index (χ0) is 19.4. The first-order chi connectivity index (χ1) is 13.0. The van der Waals surface area contributed by atoms with E-state index in [2.05, 4.69) is 4.90 Å². The van der Waals surface area contributed by atoms with Gasteiger partial charge in [0, 0.05) is 55.9 Å². The van der Waals surface area contributed by atoms with Crippen LogP contribution in [0, 0.1) is 6.92 Å². The molecule has 27 heavy (non-hydrogen) atoms. The molecule has 1 amide bonds. The van der Waals surface area contributed by atoms with Crippen molar-refractivity contribution in [1.82, 2.24) is 14.4 Å². The van der Waals surface area contributed by atoms with Crippen LogP contribution in [0.3, 0.4) is 0 Å². The van der Waals surface area contributed by atoms with Gasteiger partial charge in [-0.2, -0.15) is 0 Å². The maximum Gasteiger partial charge on any atom is 0.307 e. The fraction of sp³-hybridized carbons (Fsp3) is 0.474. The van der Waals surface area contributed by atoms with Gasteiger partial charge in [-0.25, -0.2) is 0 Å². The second-order valence-corrected chi connectivity index (χ2v) is 7.32. The Morgan fingerprint density at radius 1 is 1.07 bits per heavy atom. The van der Waals surface area contributed by atoms with E-state index >= 15 is 0 Å². The molecule has 2 heterocycles. The van der Waals surface area contributed by atoms with Crippen molar-refractivity contribution < 1.29 is 14.3 Å². The third-order valence-corrected chi connectivity index (χ3v) is 5.79.